The lowest BCUT2D eigenvalue weighted by atomic mass is 10.2. The van der Waals surface area contributed by atoms with E-state index >= 15 is 0 Å². The lowest BCUT2D eigenvalue weighted by molar-refractivity contribution is -0.114. The molecule has 4 heteroatoms. The van der Waals surface area contributed by atoms with Crippen molar-refractivity contribution in [1.29, 1.82) is 0 Å². The zero-order chi connectivity index (χ0) is 9.84. The van der Waals surface area contributed by atoms with Gasteiger partial charge in [-0.15, -0.1) is 0 Å². The van der Waals surface area contributed by atoms with Crippen LogP contribution in [0.5, 0.6) is 0 Å². The predicted molar refractivity (Wildman–Crippen MR) is 50.0 cm³/mol. The van der Waals surface area contributed by atoms with E-state index in [4.69, 9.17) is 5.73 Å². The molecule has 0 fully saturated rings. The highest BCUT2D eigenvalue weighted by molar-refractivity contribution is 5.92. The molecule has 1 aromatic rings. The predicted octanol–water partition coefficient (Wildman–Crippen LogP) is 0.685. The van der Waals surface area contributed by atoms with E-state index in [0.29, 0.717) is 11.4 Å². The Morgan fingerprint density at radius 3 is 2.77 bits per heavy atom. The minimum Gasteiger partial charge on any atom is -0.398 e. The van der Waals surface area contributed by atoms with Crippen molar-refractivity contribution in [3.05, 3.63) is 23.8 Å². The van der Waals surface area contributed by atoms with E-state index in [1.54, 1.807) is 18.4 Å². The van der Waals surface area contributed by atoms with Gasteiger partial charge in [-0.05, 0) is 18.2 Å². The van der Waals surface area contributed by atoms with Crippen LogP contribution in [0.25, 0.3) is 0 Å². The zero-order valence-electron chi connectivity index (χ0n) is 7.13. The highest BCUT2D eigenvalue weighted by Crippen LogP contribution is 2.15. The standard InChI is InChI=1S/C9H9N2O2/c1-6(13)11-8-2-3-9(10)7(4-8)5-12/h2-4H,10H2,1H3,(H,11,13). The van der Waals surface area contributed by atoms with Crippen molar-refractivity contribution in [2.75, 3.05) is 11.1 Å². The summed E-state index contributed by atoms with van der Waals surface area (Å²) in [5, 5.41) is 2.53. The van der Waals surface area contributed by atoms with Crippen LogP contribution >= 0.6 is 0 Å². The van der Waals surface area contributed by atoms with E-state index in [2.05, 4.69) is 5.32 Å². The number of rotatable bonds is 2. The molecule has 0 aliphatic heterocycles. The molecule has 0 bridgehead atoms. The quantitative estimate of drug-likeness (QED) is 0.652. The molecule has 0 atom stereocenters. The molecule has 0 saturated heterocycles. The lowest BCUT2D eigenvalue weighted by Crippen LogP contribution is -2.06. The second-order valence-corrected chi connectivity index (χ2v) is 2.59. The first-order valence-electron chi connectivity index (χ1n) is 3.68. The van der Waals surface area contributed by atoms with Crippen molar-refractivity contribution in [1.82, 2.24) is 0 Å². The Kier molecular flexibility index (Phi) is 2.64. The molecule has 1 radical (unpaired) electrons. The first-order valence-corrected chi connectivity index (χ1v) is 3.68. The average Bonchev–Trinajstić information content (AvgIpc) is 2.07. The highest BCUT2D eigenvalue weighted by Gasteiger charge is 2.01. The molecule has 0 saturated carbocycles. The molecule has 0 aliphatic carbocycles. The van der Waals surface area contributed by atoms with Gasteiger partial charge in [0.2, 0.25) is 12.2 Å². The molecule has 0 spiro atoms. The molecule has 4 nitrogen and oxygen atoms in total. The summed E-state index contributed by atoms with van der Waals surface area (Å²) in [5.41, 5.74) is 6.60. The van der Waals surface area contributed by atoms with Crippen LogP contribution in [0.1, 0.15) is 12.5 Å². The van der Waals surface area contributed by atoms with Crippen molar-refractivity contribution >= 4 is 23.6 Å². The van der Waals surface area contributed by atoms with E-state index in [1.165, 1.54) is 13.0 Å². The SMILES string of the molecule is CC(=O)Nc1ccc(N)c([C]=O)c1. The Morgan fingerprint density at radius 2 is 2.23 bits per heavy atom. The number of hydrogen-bond acceptors (Lipinski definition) is 3. The number of hydrogen-bond donors (Lipinski definition) is 2. The Balaban J connectivity index is 2.99. The Morgan fingerprint density at radius 1 is 1.54 bits per heavy atom. The molecule has 67 valence electrons. The van der Waals surface area contributed by atoms with Gasteiger partial charge in [0, 0.05) is 18.3 Å². The Bertz CT molecular complexity index is 347. The minimum atomic E-state index is -0.193. The maximum absolute atomic E-state index is 10.7. The number of benzene rings is 1. The number of amides is 1. The third-order valence-corrected chi connectivity index (χ3v) is 1.48. The first kappa shape index (κ1) is 9.25. The molecular formula is C9H9N2O2. The first-order chi connectivity index (χ1) is 6.13. The fraction of sp³-hybridized carbons (Fsp3) is 0.111. The molecule has 1 amide bonds. The molecule has 0 heterocycles. The maximum Gasteiger partial charge on any atom is 0.235 e. The lowest BCUT2D eigenvalue weighted by Gasteiger charge is -2.03. The molecule has 1 aromatic carbocycles. The summed E-state index contributed by atoms with van der Waals surface area (Å²) >= 11 is 0. The second-order valence-electron chi connectivity index (χ2n) is 2.59. The summed E-state index contributed by atoms with van der Waals surface area (Å²) in [7, 11) is 0. The minimum absolute atomic E-state index is 0.193. The van der Waals surface area contributed by atoms with Gasteiger partial charge in [-0.2, -0.15) is 0 Å². The fourth-order valence-electron chi connectivity index (χ4n) is 0.926. The van der Waals surface area contributed by atoms with Crippen LogP contribution in [-0.2, 0) is 9.59 Å². The van der Waals surface area contributed by atoms with Gasteiger partial charge in [0.05, 0.1) is 5.56 Å². The summed E-state index contributed by atoms with van der Waals surface area (Å²) in [5.74, 6) is -0.193. The van der Waals surface area contributed by atoms with Gasteiger partial charge in [-0.1, -0.05) is 0 Å². The summed E-state index contributed by atoms with van der Waals surface area (Å²) in [6.45, 7) is 1.39. The third kappa shape index (κ3) is 2.30. The van der Waals surface area contributed by atoms with Crippen LogP contribution in [-0.4, -0.2) is 12.2 Å². The van der Waals surface area contributed by atoms with Gasteiger partial charge in [-0.25, -0.2) is 0 Å². The molecule has 0 aromatic heterocycles. The molecule has 0 unspecified atom stereocenters. The monoisotopic (exact) mass is 177 g/mol. The van der Waals surface area contributed by atoms with Crippen molar-refractivity contribution in [2.24, 2.45) is 0 Å². The number of nitrogens with one attached hydrogen (secondary N) is 1. The fourth-order valence-corrected chi connectivity index (χ4v) is 0.926. The van der Waals surface area contributed by atoms with Gasteiger partial charge in [0.15, 0.2) is 0 Å². The van der Waals surface area contributed by atoms with Crippen LogP contribution in [0.3, 0.4) is 0 Å². The summed E-state index contributed by atoms with van der Waals surface area (Å²) in [6, 6.07) is 4.65. The van der Waals surface area contributed by atoms with E-state index < -0.39 is 0 Å². The molecule has 3 N–H and O–H groups in total. The van der Waals surface area contributed by atoms with E-state index in [-0.39, 0.29) is 11.5 Å². The molecule has 13 heavy (non-hydrogen) atoms. The van der Waals surface area contributed by atoms with Crippen LogP contribution in [0.2, 0.25) is 0 Å². The van der Waals surface area contributed by atoms with E-state index in [1.807, 2.05) is 0 Å². The van der Waals surface area contributed by atoms with Gasteiger partial charge >= 0.3 is 0 Å². The van der Waals surface area contributed by atoms with Crippen LogP contribution in [0.4, 0.5) is 11.4 Å². The van der Waals surface area contributed by atoms with Crippen LogP contribution in [0.15, 0.2) is 18.2 Å². The number of carbonyl (C=O) groups excluding carboxylic acids is 2. The van der Waals surface area contributed by atoms with Crippen LogP contribution < -0.4 is 11.1 Å². The molecular weight excluding hydrogens is 168 g/mol. The number of nitrogen functional groups attached to an aromatic ring is 1. The highest BCUT2D eigenvalue weighted by atomic mass is 16.1. The number of nitrogens with two attached hydrogens (primary N) is 1. The Labute approximate surface area is 75.7 Å². The Hall–Kier alpha value is -1.84. The van der Waals surface area contributed by atoms with E-state index in [9.17, 15) is 9.59 Å². The summed E-state index contributed by atoms with van der Waals surface area (Å²) < 4.78 is 0. The molecule has 0 aliphatic rings. The van der Waals surface area contributed by atoms with Gasteiger partial charge in [0.1, 0.15) is 0 Å². The van der Waals surface area contributed by atoms with Gasteiger partial charge in [0.25, 0.3) is 0 Å². The number of anilines is 2. The molecule has 1 rings (SSSR count). The summed E-state index contributed by atoms with van der Waals surface area (Å²) in [6.07, 6.45) is 1.68. The van der Waals surface area contributed by atoms with Crippen molar-refractivity contribution in [3.63, 3.8) is 0 Å². The van der Waals surface area contributed by atoms with Crippen molar-refractivity contribution < 1.29 is 9.59 Å². The maximum atomic E-state index is 10.7. The second kappa shape index (κ2) is 3.71. The topological polar surface area (TPSA) is 72.2 Å². The van der Waals surface area contributed by atoms with Crippen molar-refractivity contribution in [2.45, 2.75) is 6.92 Å². The average molecular weight is 177 g/mol. The zero-order valence-corrected chi connectivity index (χ0v) is 7.13. The van der Waals surface area contributed by atoms with Gasteiger partial charge < -0.3 is 11.1 Å². The normalized spacial score (nSPS) is 9.31. The van der Waals surface area contributed by atoms with E-state index in [0.717, 1.165) is 0 Å². The van der Waals surface area contributed by atoms with Crippen LogP contribution in [0, 0.1) is 0 Å². The number of carbonyl (C=O) groups is 1. The van der Waals surface area contributed by atoms with Gasteiger partial charge in [-0.3, -0.25) is 9.59 Å². The van der Waals surface area contributed by atoms with Crippen molar-refractivity contribution in [3.8, 4) is 0 Å². The smallest absolute Gasteiger partial charge is 0.235 e. The largest absolute Gasteiger partial charge is 0.398 e. The summed E-state index contributed by atoms with van der Waals surface area (Å²) in [4.78, 5) is 21.0. The third-order valence-electron chi connectivity index (χ3n) is 1.48.